The summed E-state index contributed by atoms with van der Waals surface area (Å²) in [5.74, 6) is 0.799. The fraction of sp³-hybridized carbons (Fsp3) is 0. The van der Waals surface area contributed by atoms with E-state index in [1.165, 1.54) is 0 Å². The lowest BCUT2D eigenvalue weighted by atomic mass is 10.3. The number of fused-ring (bicyclic) bond motifs is 1. The maximum absolute atomic E-state index is 5.76. The van der Waals surface area contributed by atoms with Gasteiger partial charge in [0.15, 0.2) is 5.82 Å². The van der Waals surface area contributed by atoms with Crippen LogP contribution in [0.3, 0.4) is 0 Å². The lowest BCUT2D eigenvalue weighted by Crippen LogP contribution is -1.92. The molecule has 3 heterocycles. The molecule has 0 aliphatic rings. The third-order valence-corrected chi connectivity index (χ3v) is 3.10. The highest BCUT2D eigenvalue weighted by atomic mass is 79.9. The number of nitrogens with zero attached hydrogens (tertiary/aromatic N) is 3. The van der Waals surface area contributed by atoms with E-state index in [0.717, 1.165) is 21.6 Å². The van der Waals surface area contributed by atoms with Gasteiger partial charge < -0.3 is 5.73 Å². The first-order valence-electron chi connectivity index (χ1n) is 5.10. The smallest absolute Gasteiger partial charge is 0.164 e. The van der Waals surface area contributed by atoms with Crippen LogP contribution in [0.15, 0.2) is 47.3 Å². The van der Waals surface area contributed by atoms with Crippen LogP contribution in [0.5, 0.6) is 0 Å². The molecule has 0 aliphatic carbocycles. The molecule has 0 fully saturated rings. The Labute approximate surface area is 106 Å². The quantitative estimate of drug-likeness (QED) is 0.749. The molecule has 4 nitrogen and oxygen atoms in total. The van der Waals surface area contributed by atoms with Crippen LogP contribution in [0.1, 0.15) is 0 Å². The molecular formula is C12H9BrN4. The topological polar surface area (TPSA) is 56.2 Å². The zero-order valence-corrected chi connectivity index (χ0v) is 10.4. The molecule has 0 aromatic carbocycles. The van der Waals surface area contributed by atoms with Crippen molar-refractivity contribution < 1.29 is 0 Å². The fourth-order valence-electron chi connectivity index (χ4n) is 1.74. The summed E-state index contributed by atoms with van der Waals surface area (Å²) in [6.07, 6.45) is 3.65. The molecule has 17 heavy (non-hydrogen) atoms. The van der Waals surface area contributed by atoms with Crippen LogP contribution in [0.2, 0.25) is 0 Å². The monoisotopic (exact) mass is 288 g/mol. The number of rotatable bonds is 1. The molecule has 3 aromatic heterocycles. The summed E-state index contributed by atoms with van der Waals surface area (Å²) in [5, 5.41) is 0. The van der Waals surface area contributed by atoms with Gasteiger partial charge in [-0.05, 0) is 40.2 Å². The van der Waals surface area contributed by atoms with Gasteiger partial charge in [0, 0.05) is 18.1 Å². The molecule has 3 aromatic rings. The number of halogens is 1. The van der Waals surface area contributed by atoms with Crippen molar-refractivity contribution in [3.05, 3.63) is 47.3 Å². The van der Waals surface area contributed by atoms with Gasteiger partial charge in [-0.1, -0.05) is 6.07 Å². The highest BCUT2D eigenvalue weighted by molar-refractivity contribution is 9.10. The summed E-state index contributed by atoms with van der Waals surface area (Å²) in [5.41, 5.74) is 8.24. The van der Waals surface area contributed by atoms with Crippen molar-refractivity contribution in [2.24, 2.45) is 0 Å². The standard InChI is InChI=1S/C12H9BrN4/c13-11-10-7-8(14)4-6-17(10)12(16-11)9-3-1-2-5-15-9/h1-7H,14H2. The summed E-state index contributed by atoms with van der Waals surface area (Å²) in [4.78, 5) is 8.76. The Kier molecular flexibility index (Phi) is 2.33. The molecule has 0 spiro atoms. The summed E-state index contributed by atoms with van der Waals surface area (Å²) in [6, 6.07) is 9.47. The van der Waals surface area contributed by atoms with Crippen LogP contribution in [0.4, 0.5) is 5.69 Å². The van der Waals surface area contributed by atoms with Gasteiger partial charge >= 0.3 is 0 Å². The Hall–Kier alpha value is -1.88. The van der Waals surface area contributed by atoms with Crippen molar-refractivity contribution in [1.82, 2.24) is 14.4 Å². The average Bonchev–Trinajstić information content (AvgIpc) is 2.68. The van der Waals surface area contributed by atoms with E-state index >= 15 is 0 Å². The first-order chi connectivity index (χ1) is 8.25. The number of nitrogens with two attached hydrogens (primary N) is 1. The summed E-state index contributed by atoms with van der Waals surface area (Å²) >= 11 is 3.43. The first-order valence-corrected chi connectivity index (χ1v) is 5.89. The lowest BCUT2D eigenvalue weighted by Gasteiger charge is -2.00. The van der Waals surface area contributed by atoms with Gasteiger partial charge in [-0.2, -0.15) is 0 Å². The van der Waals surface area contributed by atoms with Crippen LogP contribution >= 0.6 is 15.9 Å². The Bertz CT molecular complexity index is 676. The molecule has 0 saturated carbocycles. The van der Waals surface area contributed by atoms with Crippen molar-refractivity contribution in [2.75, 3.05) is 5.73 Å². The molecule has 0 unspecified atom stereocenters. The van der Waals surface area contributed by atoms with Gasteiger partial charge in [-0.3, -0.25) is 9.38 Å². The molecule has 3 rings (SSSR count). The second-order valence-corrected chi connectivity index (χ2v) is 4.41. The predicted octanol–water partition coefficient (Wildman–Crippen LogP) is 2.74. The Morgan fingerprint density at radius 3 is 2.88 bits per heavy atom. The van der Waals surface area contributed by atoms with E-state index in [1.807, 2.05) is 40.9 Å². The van der Waals surface area contributed by atoms with Gasteiger partial charge in [0.05, 0.1) is 5.52 Å². The van der Waals surface area contributed by atoms with Crippen molar-refractivity contribution >= 4 is 27.1 Å². The van der Waals surface area contributed by atoms with E-state index in [-0.39, 0.29) is 0 Å². The van der Waals surface area contributed by atoms with Crippen LogP contribution in [-0.4, -0.2) is 14.4 Å². The first kappa shape index (κ1) is 10.3. The van der Waals surface area contributed by atoms with Gasteiger partial charge in [-0.25, -0.2) is 4.98 Å². The van der Waals surface area contributed by atoms with Crippen molar-refractivity contribution in [3.63, 3.8) is 0 Å². The zero-order chi connectivity index (χ0) is 11.8. The number of hydrogen-bond acceptors (Lipinski definition) is 3. The van der Waals surface area contributed by atoms with E-state index in [4.69, 9.17) is 5.73 Å². The van der Waals surface area contributed by atoms with Crippen LogP contribution in [0.25, 0.3) is 17.0 Å². The largest absolute Gasteiger partial charge is 0.399 e. The van der Waals surface area contributed by atoms with E-state index in [9.17, 15) is 0 Å². The Balaban J connectivity index is 2.32. The molecule has 0 amide bonds. The van der Waals surface area contributed by atoms with Crippen LogP contribution < -0.4 is 5.73 Å². The molecular weight excluding hydrogens is 280 g/mol. The number of pyridine rings is 2. The minimum Gasteiger partial charge on any atom is -0.399 e. The van der Waals surface area contributed by atoms with Crippen molar-refractivity contribution in [3.8, 4) is 11.5 Å². The fourth-order valence-corrected chi connectivity index (χ4v) is 2.21. The second kappa shape index (κ2) is 3.85. The Morgan fingerprint density at radius 1 is 1.24 bits per heavy atom. The van der Waals surface area contributed by atoms with Gasteiger partial charge in [0.1, 0.15) is 10.3 Å². The highest BCUT2D eigenvalue weighted by Crippen LogP contribution is 2.25. The minimum atomic E-state index is 0.714. The maximum atomic E-state index is 5.76. The number of aromatic nitrogens is 3. The number of nitrogen functional groups attached to an aromatic ring is 1. The summed E-state index contributed by atoms with van der Waals surface area (Å²) in [7, 11) is 0. The Morgan fingerprint density at radius 2 is 2.12 bits per heavy atom. The second-order valence-electron chi connectivity index (χ2n) is 3.66. The molecule has 0 atom stereocenters. The SMILES string of the molecule is Nc1ccn2c(-c3ccccn3)nc(Br)c2c1. The number of anilines is 1. The zero-order valence-electron chi connectivity index (χ0n) is 8.84. The summed E-state index contributed by atoms with van der Waals surface area (Å²) in [6.45, 7) is 0. The molecule has 2 N–H and O–H groups in total. The third kappa shape index (κ3) is 1.68. The molecule has 84 valence electrons. The summed E-state index contributed by atoms with van der Waals surface area (Å²) < 4.78 is 2.73. The predicted molar refractivity (Wildman–Crippen MR) is 70.5 cm³/mol. The average molecular weight is 289 g/mol. The van der Waals surface area contributed by atoms with Crippen LogP contribution in [0, 0.1) is 0 Å². The normalized spacial score (nSPS) is 10.9. The molecule has 0 bridgehead atoms. The van der Waals surface area contributed by atoms with Crippen molar-refractivity contribution in [1.29, 1.82) is 0 Å². The maximum Gasteiger partial charge on any atom is 0.164 e. The van der Waals surface area contributed by atoms with E-state index < -0.39 is 0 Å². The molecule has 0 radical (unpaired) electrons. The lowest BCUT2D eigenvalue weighted by molar-refractivity contribution is 1.13. The molecule has 0 saturated heterocycles. The van der Waals surface area contributed by atoms with Gasteiger partial charge in [0.2, 0.25) is 0 Å². The van der Waals surface area contributed by atoms with E-state index in [0.29, 0.717) is 5.69 Å². The van der Waals surface area contributed by atoms with Crippen molar-refractivity contribution in [2.45, 2.75) is 0 Å². The molecule has 5 heteroatoms. The van der Waals surface area contributed by atoms with E-state index in [2.05, 4.69) is 25.9 Å². The van der Waals surface area contributed by atoms with Gasteiger partial charge in [0.25, 0.3) is 0 Å². The van der Waals surface area contributed by atoms with Gasteiger partial charge in [-0.15, -0.1) is 0 Å². The number of imidazole rings is 1. The molecule has 0 aliphatic heterocycles. The van der Waals surface area contributed by atoms with E-state index in [1.54, 1.807) is 6.20 Å². The highest BCUT2D eigenvalue weighted by Gasteiger charge is 2.11. The third-order valence-electron chi connectivity index (χ3n) is 2.52. The van der Waals surface area contributed by atoms with Crippen LogP contribution in [-0.2, 0) is 0 Å². The number of hydrogen-bond donors (Lipinski definition) is 1. The minimum absolute atomic E-state index is 0.714.